The van der Waals surface area contributed by atoms with Gasteiger partial charge in [-0.3, -0.25) is 0 Å². The molecule has 1 aromatic heterocycles. The second kappa shape index (κ2) is 5.11. The van der Waals surface area contributed by atoms with E-state index in [0.717, 1.165) is 18.0 Å². The lowest BCUT2D eigenvalue weighted by atomic mass is 10.1. The minimum Gasteiger partial charge on any atom is -0.345 e. The van der Waals surface area contributed by atoms with Gasteiger partial charge >= 0.3 is 0 Å². The summed E-state index contributed by atoms with van der Waals surface area (Å²) in [6, 6.07) is 6.59. The topological polar surface area (TPSA) is 17.0 Å². The van der Waals surface area contributed by atoms with Crippen molar-refractivity contribution in [3.63, 3.8) is 0 Å². The number of likely N-dealkylation sites (N-methyl/N-ethyl adjacent to an activating group) is 1. The van der Waals surface area contributed by atoms with Crippen LogP contribution in [0.1, 0.15) is 25.5 Å². The fraction of sp³-hybridized carbons (Fsp3) is 0.429. The molecule has 1 aromatic carbocycles. The molecule has 2 nitrogen and oxygen atoms in total. The summed E-state index contributed by atoms with van der Waals surface area (Å²) in [5.41, 5.74) is 2.56. The Bertz CT molecular complexity index is 514. The van der Waals surface area contributed by atoms with E-state index in [1.807, 2.05) is 19.2 Å². The van der Waals surface area contributed by atoms with Crippen LogP contribution < -0.4 is 5.32 Å². The third-order valence-electron chi connectivity index (χ3n) is 3.09. The number of nitrogens with zero attached hydrogens (tertiary/aromatic N) is 1. The number of rotatable bonds is 4. The van der Waals surface area contributed by atoms with Crippen LogP contribution in [-0.2, 0) is 6.42 Å². The average Bonchev–Trinajstić information content (AvgIpc) is 2.67. The third kappa shape index (κ3) is 2.33. The monoisotopic (exact) mass is 250 g/mol. The van der Waals surface area contributed by atoms with Crippen molar-refractivity contribution < 1.29 is 0 Å². The van der Waals surface area contributed by atoms with Gasteiger partial charge in [0.2, 0.25) is 0 Å². The van der Waals surface area contributed by atoms with Gasteiger partial charge in [0.1, 0.15) is 0 Å². The van der Waals surface area contributed by atoms with Crippen LogP contribution in [0.4, 0.5) is 0 Å². The maximum Gasteiger partial charge on any atom is 0.0502 e. The van der Waals surface area contributed by atoms with E-state index in [-0.39, 0.29) is 0 Å². The van der Waals surface area contributed by atoms with Crippen molar-refractivity contribution >= 4 is 22.5 Å². The quantitative estimate of drug-likeness (QED) is 0.877. The number of fused-ring (bicyclic) bond motifs is 1. The van der Waals surface area contributed by atoms with Crippen LogP contribution in [0.5, 0.6) is 0 Å². The van der Waals surface area contributed by atoms with E-state index in [1.165, 1.54) is 16.5 Å². The van der Waals surface area contributed by atoms with Crippen LogP contribution in [0, 0.1) is 0 Å². The summed E-state index contributed by atoms with van der Waals surface area (Å²) in [6.07, 6.45) is 3.25. The Morgan fingerprint density at radius 3 is 2.76 bits per heavy atom. The van der Waals surface area contributed by atoms with Gasteiger partial charge in [0.25, 0.3) is 0 Å². The van der Waals surface area contributed by atoms with E-state index in [2.05, 4.69) is 36.0 Å². The molecule has 17 heavy (non-hydrogen) atoms. The van der Waals surface area contributed by atoms with Crippen LogP contribution in [0.25, 0.3) is 10.9 Å². The van der Waals surface area contributed by atoms with E-state index in [0.29, 0.717) is 6.04 Å². The van der Waals surface area contributed by atoms with E-state index in [1.54, 1.807) is 0 Å². The van der Waals surface area contributed by atoms with Gasteiger partial charge < -0.3 is 9.88 Å². The summed E-state index contributed by atoms with van der Waals surface area (Å²) in [4.78, 5) is 0. The highest BCUT2D eigenvalue weighted by Crippen LogP contribution is 2.30. The molecular formula is C14H19ClN2. The molecule has 0 amide bonds. The first-order valence-corrected chi connectivity index (χ1v) is 6.45. The lowest BCUT2D eigenvalue weighted by Gasteiger charge is -2.08. The molecule has 0 aliphatic carbocycles. The van der Waals surface area contributed by atoms with Crippen molar-refractivity contribution in [2.75, 3.05) is 13.6 Å². The number of benzene rings is 1. The molecular weight excluding hydrogens is 232 g/mol. The van der Waals surface area contributed by atoms with Crippen LogP contribution in [-0.4, -0.2) is 18.2 Å². The molecule has 0 fully saturated rings. The Morgan fingerprint density at radius 1 is 1.35 bits per heavy atom. The zero-order valence-electron chi connectivity index (χ0n) is 10.6. The molecule has 0 aliphatic heterocycles. The second-order valence-electron chi connectivity index (χ2n) is 4.64. The third-order valence-corrected chi connectivity index (χ3v) is 3.40. The van der Waals surface area contributed by atoms with E-state index in [9.17, 15) is 0 Å². The fourth-order valence-corrected chi connectivity index (χ4v) is 2.52. The highest BCUT2D eigenvalue weighted by atomic mass is 35.5. The standard InChI is InChI=1S/C14H19ClN2/c1-10(2)17-9-11(7-8-16-3)14-12(15)5-4-6-13(14)17/h4-6,9-10,16H,7-8H2,1-3H3. The van der Waals surface area contributed by atoms with Gasteiger partial charge in [0.15, 0.2) is 0 Å². The van der Waals surface area contributed by atoms with Crippen molar-refractivity contribution in [2.45, 2.75) is 26.3 Å². The summed E-state index contributed by atoms with van der Waals surface area (Å²) >= 11 is 6.33. The van der Waals surface area contributed by atoms with Gasteiger partial charge in [0, 0.05) is 17.6 Å². The molecule has 0 spiro atoms. The predicted octanol–water partition coefficient (Wildman–Crippen LogP) is 3.64. The molecule has 2 rings (SSSR count). The SMILES string of the molecule is CNCCc1cn(C(C)C)c2cccc(Cl)c12. The van der Waals surface area contributed by atoms with E-state index < -0.39 is 0 Å². The Kier molecular flexibility index (Phi) is 3.75. The molecule has 0 saturated heterocycles. The minimum absolute atomic E-state index is 0.458. The molecule has 1 heterocycles. The largest absolute Gasteiger partial charge is 0.345 e. The molecule has 3 heteroatoms. The lowest BCUT2D eigenvalue weighted by Crippen LogP contribution is -2.10. The molecule has 2 aromatic rings. The molecule has 0 aliphatic rings. The molecule has 0 atom stereocenters. The molecule has 0 radical (unpaired) electrons. The van der Waals surface area contributed by atoms with Crippen molar-refractivity contribution in [1.82, 2.24) is 9.88 Å². The predicted molar refractivity (Wildman–Crippen MR) is 75.0 cm³/mol. The minimum atomic E-state index is 0.458. The Labute approximate surface area is 108 Å². The molecule has 0 unspecified atom stereocenters. The Balaban J connectivity index is 2.59. The van der Waals surface area contributed by atoms with E-state index in [4.69, 9.17) is 11.6 Å². The number of hydrogen-bond acceptors (Lipinski definition) is 1. The normalized spacial score (nSPS) is 11.6. The van der Waals surface area contributed by atoms with Crippen molar-refractivity contribution in [3.8, 4) is 0 Å². The van der Waals surface area contributed by atoms with Crippen LogP contribution >= 0.6 is 11.6 Å². The van der Waals surface area contributed by atoms with Gasteiger partial charge in [-0.05, 0) is 51.6 Å². The summed E-state index contributed by atoms with van der Waals surface area (Å²) in [5.74, 6) is 0. The van der Waals surface area contributed by atoms with E-state index >= 15 is 0 Å². The van der Waals surface area contributed by atoms with Gasteiger partial charge in [-0.15, -0.1) is 0 Å². The van der Waals surface area contributed by atoms with Gasteiger partial charge in [-0.25, -0.2) is 0 Å². The molecule has 1 N–H and O–H groups in total. The van der Waals surface area contributed by atoms with Crippen LogP contribution in [0.3, 0.4) is 0 Å². The maximum absolute atomic E-state index is 6.33. The Hall–Kier alpha value is -0.990. The van der Waals surface area contributed by atoms with Crippen LogP contribution in [0.2, 0.25) is 5.02 Å². The fourth-order valence-electron chi connectivity index (χ4n) is 2.22. The summed E-state index contributed by atoms with van der Waals surface area (Å²) in [7, 11) is 1.98. The first kappa shape index (κ1) is 12.5. The molecule has 92 valence electrons. The van der Waals surface area contributed by atoms with Gasteiger partial charge in [-0.1, -0.05) is 17.7 Å². The number of nitrogens with one attached hydrogen (secondary N) is 1. The van der Waals surface area contributed by atoms with Crippen LogP contribution in [0.15, 0.2) is 24.4 Å². The Morgan fingerprint density at radius 2 is 2.12 bits per heavy atom. The second-order valence-corrected chi connectivity index (χ2v) is 5.05. The highest BCUT2D eigenvalue weighted by Gasteiger charge is 2.12. The first-order chi connectivity index (χ1) is 8.15. The van der Waals surface area contributed by atoms with Gasteiger partial charge in [-0.2, -0.15) is 0 Å². The molecule has 0 bridgehead atoms. The maximum atomic E-state index is 6.33. The summed E-state index contributed by atoms with van der Waals surface area (Å²) < 4.78 is 2.30. The summed E-state index contributed by atoms with van der Waals surface area (Å²) in [6.45, 7) is 5.37. The lowest BCUT2D eigenvalue weighted by molar-refractivity contribution is 0.620. The zero-order chi connectivity index (χ0) is 12.4. The molecule has 0 saturated carbocycles. The first-order valence-electron chi connectivity index (χ1n) is 6.07. The summed E-state index contributed by atoms with van der Waals surface area (Å²) in [5, 5.41) is 5.25. The van der Waals surface area contributed by atoms with Crippen molar-refractivity contribution in [3.05, 3.63) is 35.0 Å². The smallest absolute Gasteiger partial charge is 0.0502 e. The number of hydrogen-bond donors (Lipinski definition) is 1. The average molecular weight is 251 g/mol. The number of aromatic nitrogens is 1. The van der Waals surface area contributed by atoms with Crippen molar-refractivity contribution in [1.29, 1.82) is 0 Å². The van der Waals surface area contributed by atoms with Gasteiger partial charge in [0.05, 0.1) is 10.5 Å². The number of halogens is 1. The van der Waals surface area contributed by atoms with Crippen molar-refractivity contribution in [2.24, 2.45) is 0 Å². The zero-order valence-corrected chi connectivity index (χ0v) is 11.4. The highest BCUT2D eigenvalue weighted by molar-refractivity contribution is 6.35.